The molecule has 4 heteroatoms. The van der Waals surface area contributed by atoms with Crippen LogP contribution >= 0.6 is 27.3 Å². The van der Waals surface area contributed by atoms with E-state index in [2.05, 4.69) is 72.1 Å². The zero-order valence-corrected chi connectivity index (χ0v) is 14.6. The number of hydrogen-bond donors (Lipinski definition) is 1. The molecule has 2 rings (SSSR count). The van der Waals surface area contributed by atoms with Gasteiger partial charge in [0.25, 0.3) is 0 Å². The lowest BCUT2D eigenvalue weighted by atomic mass is 10.1. The highest BCUT2D eigenvalue weighted by Gasteiger charge is 2.18. The van der Waals surface area contributed by atoms with E-state index in [1.54, 1.807) is 0 Å². The second-order valence-corrected chi connectivity index (χ2v) is 7.35. The molecule has 0 bridgehead atoms. The third-order valence-electron chi connectivity index (χ3n) is 3.51. The highest BCUT2D eigenvalue weighted by atomic mass is 79.9. The molecule has 0 saturated heterocycles. The fourth-order valence-corrected chi connectivity index (χ4v) is 3.99. The minimum atomic E-state index is 0.270. The van der Waals surface area contributed by atoms with Crippen LogP contribution in [0.1, 0.15) is 26.9 Å². The first-order chi connectivity index (χ1) is 9.51. The predicted molar refractivity (Wildman–Crippen MR) is 91.2 cm³/mol. The van der Waals surface area contributed by atoms with Gasteiger partial charge < -0.3 is 5.73 Å². The number of halogens is 1. The van der Waals surface area contributed by atoms with Gasteiger partial charge in [0, 0.05) is 27.3 Å². The molecule has 108 valence electrons. The van der Waals surface area contributed by atoms with Crippen molar-refractivity contribution in [3.05, 3.63) is 55.7 Å². The van der Waals surface area contributed by atoms with Crippen LogP contribution in [0.25, 0.3) is 0 Å². The van der Waals surface area contributed by atoms with Crippen LogP contribution in [-0.4, -0.2) is 18.5 Å². The zero-order valence-electron chi connectivity index (χ0n) is 12.2. The van der Waals surface area contributed by atoms with Gasteiger partial charge in [-0.1, -0.05) is 29.8 Å². The molecule has 2 N–H and O–H groups in total. The molecule has 20 heavy (non-hydrogen) atoms. The quantitative estimate of drug-likeness (QED) is 0.870. The maximum atomic E-state index is 5.99. The Morgan fingerprint density at radius 1 is 1.25 bits per heavy atom. The smallest absolute Gasteiger partial charge is 0.0565 e. The third-order valence-corrected chi connectivity index (χ3v) is 5.75. The molecule has 1 aromatic carbocycles. The Balaban J connectivity index is 2.12. The summed E-state index contributed by atoms with van der Waals surface area (Å²) in [6.07, 6.45) is 0. The van der Waals surface area contributed by atoms with E-state index in [0.717, 1.165) is 6.54 Å². The van der Waals surface area contributed by atoms with E-state index >= 15 is 0 Å². The molecule has 0 radical (unpaired) electrons. The number of rotatable bonds is 5. The highest BCUT2D eigenvalue weighted by molar-refractivity contribution is 9.10. The van der Waals surface area contributed by atoms with Gasteiger partial charge in [-0.05, 0) is 48.5 Å². The van der Waals surface area contributed by atoms with E-state index < -0.39 is 0 Å². The van der Waals surface area contributed by atoms with Crippen LogP contribution in [0.3, 0.4) is 0 Å². The summed E-state index contributed by atoms with van der Waals surface area (Å²) in [6.45, 7) is 5.79. The highest BCUT2D eigenvalue weighted by Crippen LogP contribution is 2.33. The van der Waals surface area contributed by atoms with Crippen LogP contribution in [-0.2, 0) is 6.54 Å². The first-order valence-electron chi connectivity index (χ1n) is 6.73. The van der Waals surface area contributed by atoms with E-state index in [1.165, 1.54) is 25.4 Å². The van der Waals surface area contributed by atoms with Crippen molar-refractivity contribution in [1.82, 2.24) is 4.90 Å². The Labute approximate surface area is 133 Å². The van der Waals surface area contributed by atoms with Crippen molar-refractivity contribution in [3.63, 3.8) is 0 Å². The fourth-order valence-electron chi connectivity index (χ4n) is 2.25. The van der Waals surface area contributed by atoms with Gasteiger partial charge >= 0.3 is 0 Å². The lowest BCUT2D eigenvalue weighted by Gasteiger charge is -2.26. The van der Waals surface area contributed by atoms with Crippen molar-refractivity contribution >= 4 is 27.3 Å². The number of aryl methyl sites for hydroxylation is 2. The van der Waals surface area contributed by atoms with Crippen molar-refractivity contribution in [2.24, 2.45) is 5.73 Å². The van der Waals surface area contributed by atoms with E-state index in [9.17, 15) is 0 Å². The SMILES string of the molecule is Cc1ccc(CN(C)C(CN)c2cc(Br)c(C)s2)cc1. The Morgan fingerprint density at radius 2 is 1.90 bits per heavy atom. The first kappa shape index (κ1) is 15.7. The standard InChI is InChI=1S/C16H21BrN2S/c1-11-4-6-13(7-5-11)10-19(3)15(9-18)16-8-14(17)12(2)20-16/h4-8,15H,9-10,18H2,1-3H3. The topological polar surface area (TPSA) is 29.3 Å². The van der Waals surface area contributed by atoms with Crippen molar-refractivity contribution in [2.45, 2.75) is 26.4 Å². The third kappa shape index (κ3) is 3.70. The average molecular weight is 353 g/mol. The average Bonchev–Trinajstić information content (AvgIpc) is 2.73. The van der Waals surface area contributed by atoms with Crippen LogP contribution in [0.2, 0.25) is 0 Å². The molecule has 0 fully saturated rings. The molecule has 2 nitrogen and oxygen atoms in total. The van der Waals surface area contributed by atoms with Crippen LogP contribution in [0.4, 0.5) is 0 Å². The Kier molecular flexibility index (Phi) is 5.38. The summed E-state index contributed by atoms with van der Waals surface area (Å²) in [4.78, 5) is 4.95. The predicted octanol–water partition coefficient (Wildman–Crippen LogP) is 4.26. The Bertz CT molecular complexity index is 543. The van der Waals surface area contributed by atoms with Crippen LogP contribution in [0, 0.1) is 13.8 Å². The molecular formula is C16H21BrN2S. The zero-order chi connectivity index (χ0) is 14.7. The second kappa shape index (κ2) is 6.85. The van der Waals surface area contributed by atoms with Gasteiger partial charge in [0.1, 0.15) is 0 Å². The van der Waals surface area contributed by atoms with Gasteiger partial charge in [0.15, 0.2) is 0 Å². The molecule has 0 spiro atoms. The summed E-state index contributed by atoms with van der Waals surface area (Å²) in [6, 6.07) is 11.2. The van der Waals surface area contributed by atoms with Crippen LogP contribution < -0.4 is 5.73 Å². The largest absolute Gasteiger partial charge is 0.329 e. The van der Waals surface area contributed by atoms with Crippen molar-refractivity contribution < 1.29 is 0 Å². The molecule has 1 heterocycles. The molecular weight excluding hydrogens is 332 g/mol. The molecule has 1 atom stereocenters. The number of benzene rings is 1. The van der Waals surface area contributed by atoms with Gasteiger partial charge in [-0.25, -0.2) is 0 Å². The first-order valence-corrected chi connectivity index (χ1v) is 8.34. The summed E-state index contributed by atoms with van der Waals surface area (Å²) in [5.41, 5.74) is 8.61. The molecule has 0 saturated carbocycles. The normalized spacial score (nSPS) is 12.9. The molecule has 0 aliphatic carbocycles. The molecule has 0 aliphatic rings. The number of hydrogen-bond acceptors (Lipinski definition) is 3. The Morgan fingerprint density at radius 3 is 2.40 bits per heavy atom. The molecule has 0 amide bonds. The summed E-state index contributed by atoms with van der Waals surface area (Å²) in [5, 5.41) is 0. The van der Waals surface area contributed by atoms with Gasteiger partial charge in [-0.3, -0.25) is 4.90 Å². The number of likely N-dealkylation sites (N-methyl/N-ethyl adjacent to an activating group) is 1. The molecule has 0 aliphatic heterocycles. The second-order valence-electron chi connectivity index (χ2n) is 5.21. The number of nitrogens with zero attached hydrogens (tertiary/aromatic N) is 1. The van der Waals surface area contributed by atoms with E-state index in [1.807, 2.05) is 11.3 Å². The van der Waals surface area contributed by atoms with Gasteiger partial charge in [-0.15, -0.1) is 11.3 Å². The van der Waals surface area contributed by atoms with Crippen LogP contribution in [0.15, 0.2) is 34.8 Å². The van der Waals surface area contributed by atoms with E-state index in [4.69, 9.17) is 5.73 Å². The van der Waals surface area contributed by atoms with Crippen molar-refractivity contribution in [3.8, 4) is 0 Å². The number of thiophene rings is 1. The molecule has 1 aromatic heterocycles. The van der Waals surface area contributed by atoms with Crippen molar-refractivity contribution in [2.75, 3.05) is 13.6 Å². The minimum absolute atomic E-state index is 0.270. The maximum absolute atomic E-state index is 5.99. The van der Waals surface area contributed by atoms with Crippen molar-refractivity contribution in [1.29, 1.82) is 0 Å². The summed E-state index contributed by atoms with van der Waals surface area (Å²) >= 11 is 5.41. The van der Waals surface area contributed by atoms with Crippen LogP contribution in [0.5, 0.6) is 0 Å². The Hall–Kier alpha value is -0.680. The summed E-state index contributed by atoms with van der Waals surface area (Å²) in [7, 11) is 2.14. The lowest BCUT2D eigenvalue weighted by molar-refractivity contribution is 0.245. The fraction of sp³-hybridized carbons (Fsp3) is 0.375. The van der Waals surface area contributed by atoms with E-state index in [0.29, 0.717) is 6.54 Å². The number of nitrogens with two attached hydrogens (primary N) is 1. The molecule has 1 unspecified atom stereocenters. The van der Waals surface area contributed by atoms with Gasteiger partial charge in [-0.2, -0.15) is 0 Å². The summed E-state index contributed by atoms with van der Waals surface area (Å²) in [5.74, 6) is 0. The molecule has 2 aromatic rings. The summed E-state index contributed by atoms with van der Waals surface area (Å²) < 4.78 is 1.18. The van der Waals surface area contributed by atoms with Gasteiger partial charge in [0.05, 0.1) is 6.04 Å². The monoisotopic (exact) mass is 352 g/mol. The van der Waals surface area contributed by atoms with E-state index in [-0.39, 0.29) is 6.04 Å². The minimum Gasteiger partial charge on any atom is -0.329 e. The lowest BCUT2D eigenvalue weighted by Crippen LogP contribution is -2.29. The van der Waals surface area contributed by atoms with Gasteiger partial charge in [0.2, 0.25) is 0 Å². The maximum Gasteiger partial charge on any atom is 0.0565 e.